The molecule has 0 aliphatic rings. The van der Waals surface area contributed by atoms with Gasteiger partial charge < -0.3 is 10.5 Å². The number of hydrogen-bond acceptors (Lipinski definition) is 3. The van der Waals surface area contributed by atoms with Gasteiger partial charge in [0, 0.05) is 17.3 Å². The Morgan fingerprint density at radius 1 is 1.50 bits per heavy atom. The molecule has 0 radical (unpaired) electrons. The summed E-state index contributed by atoms with van der Waals surface area (Å²) in [6, 6.07) is 2.60. The second kappa shape index (κ2) is 4.92. The number of benzene rings is 1. The maximum atomic E-state index is 12.7. The van der Waals surface area contributed by atoms with Crippen molar-refractivity contribution in [3.05, 3.63) is 23.3 Å². The average molecular weight is 229 g/mol. The number of nitrogens with two attached hydrogens (primary N) is 1. The zero-order valence-corrected chi connectivity index (χ0v) is 9.09. The minimum absolute atomic E-state index is 0.0848. The van der Waals surface area contributed by atoms with Gasteiger partial charge in [-0.25, -0.2) is 8.78 Å². The SMILES string of the molecule is CCOc1cc(N)c(C(F)F)c(C(C)=O)c1. The molecule has 0 spiro atoms. The third-order valence-electron chi connectivity index (χ3n) is 2.09. The van der Waals surface area contributed by atoms with E-state index < -0.39 is 17.8 Å². The normalized spacial score (nSPS) is 10.6. The first kappa shape index (κ1) is 12.4. The summed E-state index contributed by atoms with van der Waals surface area (Å²) in [4.78, 5) is 11.2. The van der Waals surface area contributed by atoms with Gasteiger partial charge in [0.2, 0.25) is 0 Å². The molecule has 1 aromatic rings. The van der Waals surface area contributed by atoms with Crippen molar-refractivity contribution < 1.29 is 18.3 Å². The molecule has 16 heavy (non-hydrogen) atoms. The highest BCUT2D eigenvalue weighted by molar-refractivity contribution is 5.97. The predicted octanol–water partition coefficient (Wildman–Crippen LogP) is 2.81. The van der Waals surface area contributed by atoms with E-state index in [4.69, 9.17) is 10.5 Å². The zero-order valence-electron chi connectivity index (χ0n) is 9.09. The Bertz CT molecular complexity index is 405. The number of ether oxygens (including phenoxy) is 1. The van der Waals surface area contributed by atoms with Crippen LogP contribution in [0, 0.1) is 0 Å². The van der Waals surface area contributed by atoms with Crippen LogP contribution in [0.5, 0.6) is 5.75 Å². The molecule has 2 N–H and O–H groups in total. The van der Waals surface area contributed by atoms with Gasteiger partial charge in [-0.2, -0.15) is 0 Å². The highest BCUT2D eigenvalue weighted by Crippen LogP contribution is 2.32. The summed E-state index contributed by atoms with van der Waals surface area (Å²) in [6.07, 6.45) is -2.77. The smallest absolute Gasteiger partial charge is 0.266 e. The lowest BCUT2D eigenvalue weighted by molar-refractivity contribution is 0.0999. The van der Waals surface area contributed by atoms with E-state index in [1.54, 1.807) is 6.92 Å². The molecule has 0 aromatic heterocycles. The molecule has 0 aliphatic carbocycles. The highest BCUT2D eigenvalue weighted by atomic mass is 19.3. The Hall–Kier alpha value is -1.65. The van der Waals surface area contributed by atoms with Crippen LogP contribution in [0.3, 0.4) is 0 Å². The number of Topliss-reactive ketones (excluding diaryl/α,β-unsaturated/α-hetero) is 1. The van der Waals surface area contributed by atoms with Crippen molar-refractivity contribution in [2.45, 2.75) is 20.3 Å². The van der Waals surface area contributed by atoms with Gasteiger partial charge in [0.25, 0.3) is 6.43 Å². The Kier molecular flexibility index (Phi) is 3.82. The van der Waals surface area contributed by atoms with E-state index in [-0.39, 0.29) is 11.3 Å². The molecule has 0 fully saturated rings. The first-order chi connectivity index (χ1) is 7.47. The lowest BCUT2D eigenvalue weighted by Gasteiger charge is -2.12. The topological polar surface area (TPSA) is 52.3 Å². The summed E-state index contributed by atoms with van der Waals surface area (Å²) in [7, 11) is 0. The molecule has 0 aliphatic heterocycles. The van der Waals surface area contributed by atoms with Crippen molar-refractivity contribution in [3.63, 3.8) is 0 Å². The van der Waals surface area contributed by atoms with Gasteiger partial charge in [-0.3, -0.25) is 4.79 Å². The molecule has 0 bridgehead atoms. The van der Waals surface area contributed by atoms with Crippen LogP contribution < -0.4 is 10.5 Å². The van der Waals surface area contributed by atoms with Gasteiger partial charge in [0.15, 0.2) is 5.78 Å². The fourth-order valence-corrected chi connectivity index (χ4v) is 1.43. The maximum Gasteiger partial charge on any atom is 0.266 e. The molecule has 0 unspecified atom stereocenters. The second-order valence-electron chi connectivity index (χ2n) is 3.26. The van der Waals surface area contributed by atoms with E-state index in [0.29, 0.717) is 12.4 Å². The van der Waals surface area contributed by atoms with E-state index in [1.807, 2.05) is 0 Å². The standard InChI is InChI=1S/C11H13F2NO2/c1-3-16-7-4-8(6(2)15)10(11(12)13)9(14)5-7/h4-5,11H,3,14H2,1-2H3. The van der Waals surface area contributed by atoms with Crippen LogP contribution in [0.1, 0.15) is 36.2 Å². The van der Waals surface area contributed by atoms with Crippen LogP contribution >= 0.6 is 0 Å². The largest absolute Gasteiger partial charge is 0.494 e. The molecule has 0 saturated heterocycles. The minimum atomic E-state index is -2.77. The zero-order chi connectivity index (χ0) is 12.3. The lowest BCUT2D eigenvalue weighted by Crippen LogP contribution is -2.06. The van der Waals surface area contributed by atoms with E-state index in [1.165, 1.54) is 19.1 Å². The number of nitrogen functional groups attached to an aromatic ring is 1. The first-order valence-electron chi connectivity index (χ1n) is 4.82. The summed E-state index contributed by atoms with van der Waals surface area (Å²) >= 11 is 0. The molecular formula is C11H13F2NO2. The van der Waals surface area contributed by atoms with Gasteiger partial charge in [0.05, 0.1) is 12.2 Å². The number of carbonyl (C=O) groups excluding carboxylic acids is 1. The monoisotopic (exact) mass is 229 g/mol. The Morgan fingerprint density at radius 2 is 2.12 bits per heavy atom. The summed E-state index contributed by atoms with van der Waals surface area (Å²) < 4.78 is 30.5. The molecule has 5 heteroatoms. The second-order valence-corrected chi connectivity index (χ2v) is 3.26. The van der Waals surface area contributed by atoms with Crippen LogP contribution in [0.2, 0.25) is 0 Å². The number of alkyl halides is 2. The van der Waals surface area contributed by atoms with Crippen LogP contribution in [-0.4, -0.2) is 12.4 Å². The minimum Gasteiger partial charge on any atom is -0.494 e. The van der Waals surface area contributed by atoms with Crippen LogP contribution in [0.25, 0.3) is 0 Å². The number of ketones is 1. The van der Waals surface area contributed by atoms with E-state index >= 15 is 0 Å². The van der Waals surface area contributed by atoms with Gasteiger partial charge in [-0.1, -0.05) is 0 Å². The first-order valence-corrected chi connectivity index (χ1v) is 4.82. The van der Waals surface area contributed by atoms with Gasteiger partial charge in [-0.05, 0) is 19.9 Å². The number of hydrogen-bond donors (Lipinski definition) is 1. The van der Waals surface area contributed by atoms with Gasteiger partial charge >= 0.3 is 0 Å². The third-order valence-corrected chi connectivity index (χ3v) is 2.09. The van der Waals surface area contributed by atoms with E-state index in [0.717, 1.165) is 0 Å². The van der Waals surface area contributed by atoms with Crippen molar-refractivity contribution in [2.24, 2.45) is 0 Å². The van der Waals surface area contributed by atoms with Gasteiger partial charge in [-0.15, -0.1) is 0 Å². The molecule has 88 valence electrons. The average Bonchev–Trinajstić information content (AvgIpc) is 2.16. The quantitative estimate of drug-likeness (QED) is 0.638. The van der Waals surface area contributed by atoms with Crippen LogP contribution in [0.15, 0.2) is 12.1 Å². The van der Waals surface area contributed by atoms with Crippen molar-refractivity contribution in [1.29, 1.82) is 0 Å². The summed E-state index contributed by atoms with van der Waals surface area (Å²) in [6.45, 7) is 3.35. The van der Waals surface area contributed by atoms with Gasteiger partial charge in [0.1, 0.15) is 5.75 Å². The molecular weight excluding hydrogens is 216 g/mol. The number of rotatable bonds is 4. The van der Waals surface area contributed by atoms with E-state index in [2.05, 4.69) is 0 Å². The number of anilines is 1. The fraction of sp³-hybridized carbons (Fsp3) is 0.364. The molecule has 0 amide bonds. The van der Waals surface area contributed by atoms with Crippen LogP contribution in [-0.2, 0) is 0 Å². The molecule has 1 rings (SSSR count). The molecule has 1 aromatic carbocycles. The molecule has 0 heterocycles. The number of carbonyl (C=O) groups is 1. The summed E-state index contributed by atoms with van der Waals surface area (Å²) in [5, 5.41) is 0. The molecule has 0 saturated carbocycles. The third kappa shape index (κ3) is 2.48. The Morgan fingerprint density at radius 3 is 2.56 bits per heavy atom. The van der Waals surface area contributed by atoms with Crippen molar-refractivity contribution >= 4 is 11.5 Å². The lowest BCUT2D eigenvalue weighted by atomic mass is 10.0. The van der Waals surface area contributed by atoms with Crippen molar-refractivity contribution in [2.75, 3.05) is 12.3 Å². The highest BCUT2D eigenvalue weighted by Gasteiger charge is 2.20. The maximum absolute atomic E-state index is 12.7. The van der Waals surface area contributed by atoms with E-state index in [9.17, 15) is 13.6 Å². The Balaban J connectivity index is 3.33. The van der Waals surface area contributed by atoms with Crippen LogP contribution in [0.4, 0.5) is 14.5 Å². The van der Waals surface area contributed by atoms with Crippen molar-refractivity contribution in [1.82, 2.24) is 0 Å². The predicted molar refractivity (Wildman–Crippen MR) is 57.0 cm³/mol. The Labute approximate surface area is 92.2 Å². The summed E-state index contributed by atoms with van der Waals surface area (Å²) in [5.41, 5.74) is 4.85. The molecule has 0 atom stereocenters. The fourth-order valence-electron chi connectivity index (χ4n) is 1.43. The number of halogens is 2. The summed E-state index contributed by atoms with van der Waals surface area (Å²) in [5.74, 6) is -0.127. The molecule has 3 nitrogen and oxygen atoms in total. The van der Waals surface area contributed by atoms with Crippen molar-refractivity contribution in [3.8, 4) is 5.75 Å².